The van der Waals surface area contributed by atoms with Crippen molar-refractivity contribution in [2.24, 2.45) is 5.41 Å². The molecule has 0 amide bonds. The van der Waals surface area contributed by atoms with Crippen LogP contribution in [0.15, 0.2) is 18.2 Å². The lowest BCUT2D eigenvalue weighted by atomic mass is 9.96. The molecular weight excluding hydrogens is 284 g/mol. The Bertz CT molecular complexity index is 601. The van der Waals surface area contributed by atoms with Crippen molar-refractivity contribution in [1.29, 1.82) is 0 Å². The van der Waals surface area contributed by atoms with E-state index >= 15 is 0 Å². The molecule has 0 spiro atoms. The highest BCUT2D eigenvalue weighted by molar-refractivity contribution is 6.83. The minimum absolute atomic E-state index is 0.0257. The quantitative estimate of drug-likeness (QED) is 0.545. The molecule has 1 aliphatic rings. The van der Waals surface area contributed by atoms with E-state index in [1.54, 1.807) is 0 Å². The predicted molar refractivity (Wildman–Crippen MR) is 97.7 cm³/mol. The van der Waals surface area contributed by atoms with Gasteiger partial charge in [-0.1, -0.05) is 52.4 Å². The first-order chi connectivity index (χ1) is 10.0. The second-order valence-corrected chi connectivity index (χ2v) is 13.6. The smallest absolute Gasteiger partial charge is 0.129 e. The van der Waals surface area contributed by atoms with Crippen LogP contribution in [0.3, 0.4) is 0 Å². The van der Waals surface area contributed by atoms with Crippen LogP contribution in [0.1, 0.15) is 50.3 Å². The Morgan fingerprint density at radius 2 is 1.82 bits per heavy atom. The fraction of sp³-hybridized carbons (Fsp3) is 0.600. The molecule has 0 radical (unpaired) electrons. The van der Waals surface area contributed by atoms with Crippen molar-refractivity contribution in [3.8, 4) is 11.5 Å². The summed E-state index contributed by atoms with van der Waals surface area (Å²) in [5.74, 6) is 3.35. The van der Waals surface area contributed by atoms with Crippen molar-refractivity contribution in [3.05, 3.63) is 34.9 Å². The van der Waals surface area contributed by atoms with Gasteiger partial charge in [0.2, 0.25) is 0 Å². The molecule has 0 atom stereocenters. The Kier molecular flexibility index (Phi) is 4.62. The summed E-state index contributed by atoms with van der Waals surface area (Å²) in [6, 6.07) is 6.62. The van der Waals surface area contributed by atoms with Gasteiger partial charge in [0.15, 0.2) is 0 Å². The standard InChI is InChI=1S/C20H30OSi/c1-16-14-17(10-13-22(5,6)7)8-9-18(16)20(11-12-20)21-15-19(2,3)4/h8-9,14H,11-12,15H2,1-7H3. The third-order valence-electron chi connectivity index (χ3n) is 3.78. The van der Waals surface area contributed by atoms with Gasteiger partial charge in [0.1, 0.15) is 8.07 Å². The monoisotopic (exact) mass is 314 g/mol. The van der Waals surface area contributed by atoms with Crippen molar-refractivity contribution in [1.82, 2.24) is 0 Å². The van der Waals surface area contributed by atoms with Gasteiger partial charge in [0, 0.05) is 5.56 Å². The van der Waals surface area contributed by atoms with Gasteiger partial charge in [0.05, 0.1) is 12.2 Å². The van der Waals surface area contributed by atoms with E-state index < -0.39 is 8.07 Å². The van der Waals surface area contributed by atoms with E-state index in [-0.39, 0.29) is 11.0 Å². The molecule has 0 heterocycles. The normalized spacial score (nSPS) is 16.9. The van der Waals surface area contributed by atoms with Gasteiger partial charge in [0.25, 0.3) is 0 Å². The van der Waals surface area contributed by atoms with Crippen LogP contribution < -0.4 is 0 Å². The van der Waals surface area contributed by atoms with Gasteiger partial charge in [-0.05, 0) is 48.4 Å². The largest absolute Gasteiger partial charge is 0.370 e. The third-order valence-corrected chi connectivity index (χ3v) is 4.66. The molecule has 0 bridgehead atoms. The van der Waals surface area contributed by atoms with E-state index in [2.05, 4.69) is 77.0 Å². The Balaban J connectivity index is 2.18. The molecule has 2 heteroatoms. The molecule has 1 aliphatic carbocycles. The number of ether oxygens (including phenoxy) is 1. The zero-order chi connectivity index (χ0) is 16.6. The lowest BCUT2D eigenvalue weighted by Gasteiger charge is -2.25. The van der Waals surface area contributed by atoms with E-state index in [0.717, 1.165) is 25.0 Å². The number of hydrogen-bond acceptors (Lipinski definition) is 1. The minimum Gasteiger partial charge on any atom is -0.370 e. The molecule has 0 saturated heterocycles. The molecule has 1 fully saturated rings. The first-order valence-electron chi connectivity index (χ1n) is 8.29. The van der Waals surface area contributed by atoms with Crippen LogP contribution in [0.5, 0.6) is 0 Å². The topological polar surface area (TPSA) is 9.23 Å². The highest BCUT2D eigenvalue weighted by atomic mass is 28.3. The van der Waals surface area contributed by atoms with Gasteiger partial charge in [-0.15, -0.1) is 5.54 Å². The summed E-state index contributed by atoms with van der Waals surface area (Å²) in [6.07, 6.45) is 2.29. The van der Waals surface area contributed by atoms with Gasteiger partial charge in [-0.25, -0.2) is 0 Å². The highest BCUT2D eigenvalue weighted by Crippen LogP contribution is 2.51. The van der Waals surface area contributed by atoms with E-state index in [0.29, 0.717) is 0 Å². The maximum Gasteiger partial charge on any atom is 0.129 e. The Labute approximate surface area is 137 Å². The number of benzene rings is 1. The summed E-state index contributed by atoms with van der Waals surface area (Å²) < 4.78 is 6.30. The SMILES string of the molecule is Cc1cc(C#C[Si](C)(C)C)ccc1C1(OCC(C)(C)C)CC1. The maximum atomic E-state index is 6.30. The van der Waals surface area contributed by atoms with E-state index in [1.165, 1.54) is 11.1 Å². The molecule has 1 aromatic carbocycles. The van der Waals surface area contributed by atoms with Crippen molar-refractivity contribution < 1.29 is 4.74 Å². The number of hydrogen-bond donors (Lipinski definition) is 0. The molecule has 0 unspecified atom stereocenters. The Morgan fingerprint density at radius 3 is 2.27 bits per heavy atom. The summed E-state index contributed by atoms with van der Waals surface area (Å²) in [4.78, 5) is 0. The molecule has 1 saturated carbocycles. The second kappa shape index (κ2) is 5.87. The lowest BCUT2D eigenvalue weighted by molar-refractivity contribution is -0.0120. The lowest BCUT2D eigenvalue weighted by Crippen LogP contribution is -2.22. The van der Waals surface area contributed by atoms with E-state index in [4.69, 9.17) is 4.74 Å². The Morgan fingerprint density at radius 1 is 1.18 bits per heavy atom. The molecule has 0 aliphatic heterocycles. The summed E-state index contributed by atoms with van der Waals surface area (Å²) in [7, 11) is -1.31. The van der Waals surface area contributed by atoms with Gasteiger partial charge in [-0.3, -0.25) is 0 Å². The molecule has 120 valence electrons. The first-order valence-corrected chi connectivity index (χ1v) is 11.8. The van der Waals surface area contributed by atoms with Crippen molar-refractivity contribution in [2.45, 2.75) is 65.8 Å². The summed E-state index contributed by atoms with van der Waals surface area (Å²) in [5, 5.41) is 0. The zero-order valence-corrected chi connectivity index (χ0v) is 16.3. The van der Waals surface area contributed by atoms with Crippen LogP contribution in [0.4, 0.5) is 0 Å². The Hall–Kier alpha value is -1.04. The maximum absolute atomic E-state index is 6.30. The summed E-state index contributed by atoms with van der Waals surface area (Å²) in [6.45, 7) is 16.5. The van der Waals surface area contributed by atoms with Crippen LogP contribution in [-0.4, -0.2) is 14.7 Å². The number of rotatable bonds is 3. The van der Waals surface area contributed by atoms with Crippen LogP contribution >= 0.6 is 0 Å². The van der Waals surface area contributed by atoms with Gasteiger partial charge < -0.3 is 4.74 Å². The fourth-order valence-corrected chi connectivity index (χ4v) is 2.99. The molecular formula is C20H30OSi. The third kappa shape index (κ3) is 4.73. The first kappa shape index (κ1) is 17.3. The van der Waals surface area contributed by atoms with Crippen LogP contribution in [0, 0.1) is 23.8 Å². The van der Waals surface area contributed by atoms with Crippen molar-refractivity contribution in [3.63, 3.8) is 0 Å². The average Bonchev–Trinajstić information content (AvgIpc) is 3.13. The fourth-order valence-electron chi connectivity index (χ4n) is 2.47. The summed E-state index contributed by atoms with van der Waals surface area (Å²) in [5.41, 5.74) is 7.44. The van der Waals surface area contributed by atoms with Gasteiger partial charge >= 0.3 is 0 Å². The second-order valence-electron chi connectivity index (χ2n) is 8.87. The highest BCUT2D eigenvalue weighted by Gasteiger charge is 2.47. The summed E-state index contributed by atoms with van der Waals surface area (Å²) >= 11 is 0. The minimum atomic E-state index is -1.31. The van der Waals surface area contributed by atoms with Gasteiger partial charge in [-0.2, -0.15) is 0 Å². The molecule has 22 heavy (non-hydrogen) atoms. The van der Waals surface area contributed by atoms with Crippen LogP contribution in [0.2, 0.25) is 19.6 Å². The van der Waals surface area contributed by atoms with E-state index in [1.807, 2.05) is 0 Å². The molecule has 0 aromatic heterocycles. The van der Waals surface area contributed by atoms with Crippen molar-refractivity contribution in [2.75, 3.05) is 6.61 Å². The average molecular weight is 315 g/mol. The van der Waals surface area contributed by atoms with Crippen LogP contribution in [-0.2, 0) is 10.3 Å². The van der Waals surface area contributed by atoms with Crippen LogP contribution in [0.25, 0.3) is 0 Å². The molecule has 1 nitrogen and oxygen atoms in total. The molecule has 2 rings (SSSR count). The van der Waals surface area contributed by atoms with Crippen molar-refractivity contribution >= 4 is 8.07 Å². The molecule has 1 aromatic rings. The predicted octanol–water partition coefficient (Wildman–Crippen LogP) is 5.28. The zero-order valence-electron chi connectivity index (χ0n) is 15.3. The van der Waals surface area contributed by atoms with E-state index in [9.17, 15) is 0 Å². The molecule has 0 N–H and O–H groups in total. The number of aryl methyl sites for hydroxylation is 1.